The van der Waals surface area contributed by atoms with E-state index in [-0.39, 0.29) is 6.04 Å². The average molecular weight is 281 g/mol. The summed E-state index contributed by atoms with van der Waals surface area (Å²) >= 11 is 5.96. The average Bonchev–Trinajstić information content (AvgIpc) is 2.81. The van der Waals surface area contributed by atoms with Crippen LogP contribution >= 0.6 is 11.6 Å². The first-order valence-electron chi connectivity index (χ1n) is 6.09. The highest BCUT2D eigenvalue weighted by atomic mass is 35.5. The molecule has 1 unspecified atom stereocenters. The minimum atomic E-state index is -0.821. The summed E-state index contributed by atoms with van der Waals surface area (Å²) in [6.07, 6.45) is 0.793. The molecule has 2 aromatic rings. The number of ether oxygens (including phenoxy) is 1. The lowest BCUT2D eigenvalue weighted by atomic mass is 10.1. The molecule has 0 amide bonds. The Morgan fingerprint density at radius 1 is 1.37 bits per heavy atom. The number of benzene rings is 1. The van der Waals surface area contributed by atoms with Crippen LogP contribution in [0.2, 0.25) is 5.02 Å². The van der Waals surface area contributed by atoms with E-state index in [1.54, 1.807) is 30.1 Å². The lowest BCUT2D eigenvalue weighted by Crippen LogP contribution is -2.13. The van der Waals surface area contributed by atoms with Crippen molar-refractivity contribution in [3.05, 3.63) is 46.7 Å². The fraction of sp³-hybridized carbons (Fsp3) is 0.357. The topological polar surface area (TPSA) is 47.3 Å². The number of methoxy groups -OCH3 is 1. The van der Waals surface area contributed by atoms with Crippen LogP contribution in [-0.2, 0) is 0 Å². The Labute approximate surface area is 117 Å². The molecule has 102 valence electrons. The lowest BCUT2D eigenvalue weighted by Gasteiger charge is -2.17. The van der Waals surface area contributed by atoms with E-state index in [4.69, 9.17) is 16.3 Å². The van der Waals surface area contributed by atoms with Gasteiger partial charge in [-0.1, -0.05) is 23.7 Å². The molecule has 0 aliphatic heterocycles. The molecule has 2 rings (SSSR count). The zero-order chi connectivity index (χ0) is 14.0. The number of hydrogen-bond donors (Lipinski definition) is 1. The van der Waals surface area contributed by atoms with Crippen molar-refractivity contribution in [2.75, 3.05) is 7.11 Å². The second-order valence-electron chi connectivity index (χ2n) is 4.59. The van der Waals surface area contributed by atoms with Gasteiger partial charge in [-0.15, -0.1) is 0 Å². The Morgan fingerprint density at radius 2 is 2.11 bits per heavy atom. The van der Waals surface area contributed by atoms with Crippen LogP contribution in [0.4, 0.5) is 0 Å². The van der Waals surface area contributed by atoms with Crippen molar-refractivity contribution in [2.24, 2.45) is 0 Å². The van der Waals surface area contributed by atoms with Gasteiger partial charge < -0.3 is 9.84 Å². The molecular weight excluding hydrogens is 264 g/mol. The highest BCUT2D eigenvalue weighted by Crippen LogP contribution is 2.32. The van der Waals surface area contributed by atoms with Crippen LogP contribution in [0.1, 0.15) is 37.3 Å². The zero-order valence-electron chi connectivity index (χ0n) is 11.2. The molecule has 0 fully saturated rings. The summed E-state index contributed by atoms with van der Waals surface area (Å²) in [4.78, 5) is 0. The number of halogens is 1. The Kier molecular flexibility index (Phi) is 4.12. The summed E-state index contributed by atoms with van der Waals surface area (Å²) in [5, 5.41) is 15.4. The largest absolute Gasteiger partial charge is 0.493 e. The first kappa shape index (κ1) is 13.9. The molecule has 5 heteroatoms. The minimum absolute atomic E-state index is 0.132. The smallest absolute Gasteiger partial charge is 0.163 e. The summed E-state index contributed by atoms with van der Waals surface area (Å²) in [6.45, 7) is 4.00. The molecule has 0 bridgehead atoms. The van der Waals surface area contributed by atoms with E-state index in [0.717, 1.165) is 0 Å². The van der Waals surface area contributed by atoms with Crippen LogP contribution in [0.15, 0.2) is 30.5 Å². The molecule has 19 heavy (non-hydrogen) atoms. The highest BCUT2D eigenvalue weighted by molar-refractivity contribution is 6.30. The number of nitrogens with zero attached hydrogens (tertiary/aromatic N) is 2. The van der Waals surface area contributed by atoms with Crippen molar-refractivity contribution in [2.45, 2.75) is 26.0 Å². The molecule has 0 saturated heterocycles. The van der Waals surface area contributed by atoms with Crippen LogP contribution in [-0.4, -0.2) is 22.0 Å². The predicted molar refractivity (Wildman–Crippen MR) is 74.7 cm³/mol. The van der Waals surface area contributed by atoms with Gasteiger partial charge in [-0.2, -0.15) is 5.10 Å². The summed E-state index contributed by atoms with van der Waals surface area (Å²) in [6, 6.07) is 7.28. The van der Waals surface area contributed by atoms with Crippen LogP contribution in [0.5, 0.6) is 5.75 Å². The SMILES string of the molecule is COc1cnn(C(C)C)c1C(O)c1cccc(Cl)c1. The van der Waals surface area contributed by atoms with Crippen LogP contribution in [0.25, 0.3) is 0 Å². The summed E-state index contributed by atoms with van der Waals surface area (Å²) in [7, 11) is 1.57. The third-order valence-corrected chi connectivity index (χ3v) is 3.17. The van der Waals surface area contributed by atoms with Gasteiger partial charge in [0.25, 0.3) is 0 Å². The third-order valence-electron chi connectivity index (χ3n) is 2.93. The van der Waals surface area contributed by atoms with E-state index in [2.05, 4.69) is 5.10 Å². The van der Waals surface area contributed by atoms with Gasteiger partial charge in [0.15, 0.2) is 5.75 Å². The Balaban J connectivity index is 2.48. The fourth-order valence-corrected chi connectivity index (χ4v) is 2.22. The van der Waals surface area contributed by atoms with Crippen LogP contribution in [0.3, 0.4) is 0 Å². The number of aromatic nitrogens is 2. The van der Waals surface area contributed by atoms with Crippen LogP contribution < -0.4 is 4.74 Å². The van der Waals surface area contributed by atoms with E-state index >= 15 is 0 Å². The van der Waals surface area contributed by atoms with Gasteiger partial charge in [-0.3, -0.25) is 4.68 Å². The van der Waals surface area contributed by atoms with E-state index in [1.165, 1.54) is 0 Å². The molecular formula is C14H17ClN2O2. The van der Waals surface area contributed by atoms with Crippen molar-refractivity contribution in [1.29, 1.82) is 0 Å². The first-order valence-corrected chi connectivity index (χ1v) is 6.47. The molecule has 1 N–H and O–H groups in total. The van der Waals surface area contributed by atoms with Crippen molar-refractivity contribution in [3.8, 4) is 5.75 Å². The van der Waals surface area contributed by atoms with Crippen molar-refractivity contribution in [1.82, 2.24) is 9.78 Å². The number of rotatable bonds is 4. The van der Waals surface area contributed by atoms with E-state index in [0.29, 0.717) is 22.0 Å². The van der Waals surface area contributed by atoms with Gasteiger partial charge in [0.2, 0.25) is 0 Å². The molecule has 0 spiro atoms. The van der Waals surface area contributed by atoms with Gasteiger partial charge in [0.05, 0.1) is 13.3 Å². The Bertz CT molecular complexity index is 566. The van der Waals surface area contributed by atoms with E-state index in [1.807, 2.05) is 26.0 Å². The van der Waals surface area contributed by atoms with Gasteiger partial charge in [0.1, 0.15) is 11.8 Å². The maximum atomic E-state index is 10.5. The molecule has 0 aliphatic carbocycles. The Morgan fingerprint density at radius 3 is 2.68 bits per heavy atom. The summed E-state index contributed by atoms with van der Waals surface area (Å²) in [5.41, 5.74) is 1.35. The van der Waals surface area contributed by atoms with Crippen LogP contribution in [0, 0.1) is 0 Å². The molecule has 1 aromatic heterocycles. The quantitative estimate of drug-likeness (QED) is 0.935. The van der Waals surface area contributed by atoms with Gasteiger partial charge >= 0.3 is 0 Å². The number of hydrogen-bond acceptors (Lipinski definition) is 3. The zero-order valence-corrected chi connectivity index (χ0v) is 11.9. The van der Waals surface area contributed by atoms with Gasteiger partial charge in [-0.25, -0.2) is 0 Å². The van der Waals surface area contributed by atoms with E-state index in [9.17, 15) is 5.11 Å². The number of aliphatic hydroxyl groups is 1. The standard InChI is InChI=1S/C14H17ClN2O2/c1-9(2)17-13(12(19-3)8-16-17)14(18)10-5-4-6-11(15)7-10/h4-9,14,18H,1-3H3. The third kappa shape index (κ3) is 2.74. The fourth-order valence-electron chi connectivity index (χ4n) is 2.02. The Hall–Kier alpha value is -1.52. The van der Waals surface area contributed by atoms with Gasteiger partial charge in [-0.05, 0) is 31.5 Å². The molecule has 1 heterocycles. The summed E-state index contributed by atoms with van der Waals surface area (Å²) in [5.74, 6) is 0.571. The molecule has 1 atom stereocenters. The number of aliphatic hydroxyl groups excluding tert-OH is 1. The monoisotopic (exact) mass is 280 g/mol. The summed E-state index contributed by atoms with van der Waals surface area (Å²) < 4.78 is 7.03. The highest BCUT2D eigenvalue weighted by Gasteiger charge is 2.22. The maximum Gasteiger partial charge on any atom is 0.163 e. The molecule has 0 saturated carbocycles. The molecule has 0 aliphatic rings. The predicted octanol–water partition coefficient (Wildman–Crippen LogP) is 3.21. The van der Waals surface area contributed by atoms with Crippen molar-refractivity contribution < 1.29 is 9.84 Å². The lowest BCUT2D eigenvalue weighted by molar-refractivity contribution is 0.199. The second-order valence-corrected chi connectivity index (χ2v) is 5.03. The van der Waals surface area contributed by atoms with Gasteiger partial charge in [0, 0.05) is 11.1 Å². The molecule has 1 aromatic carbocycles. The molecule has 4 nitrogen and oxygen atoms in total. The molecule has 0 radical (unpaired) electrons. The maximum absolute atomic E-state index is 10.5. The first-order chi connectivity index (χ1) is 9.04. The van der Waals surface area contributed by atoms with E-state index < -0.39 is 6.10 Å². The normalized spacial score (nSPS) is 12.7. The second kappa shape index (κ2) is 5.63. The minimum Gasteiger partial charge on any atom is -0.493 e. The van der Waals surface area contributed by atoms with Crippen molar-refractivity contribution in [3.63, 3.8) is 0 Å². The van der Waals surface area contributed by atoms with Crippen molar-refractivity contribution >= 4 is 11.6 Å².